The fourth-order valence-electron chi connectivity index (χ4n) is 2.62. The van der Waals surface area contributed by atoms with E-state index in [-0.39, 0.29) is 29.8 Å². The highest BCUT2D eigenvalue weighted by atomic mass is 16.2. The van der Waals surface area contributed by atoms with Crippen molar-refractivity contribution in [2.75, 3.05) is 20.6 Å². The van der Waals surface area contributed by atoms with Crippen LogP contribution in [-0.4, -0.2) is 60.4 Å². The van der Waals surface area contributed by atoms with Crippen LogP contribution in [0.4, 0.5) is 0 Å². The molecule has 0 aromatic carbocycles. The number of nitrogens with zero attached hydrogens (tertiary/aromatic N) is 2. The summed E-state index contributed by atoms with van der Waals surface area (Å²) in [5.41, 5.74) is 0. The molecular formula is C12H21N3O2. The second-order valence-electron chi connectivity index (χ2n) is 5.59. The Kier molecular flexibility index (Phi) is 3.12. The Hall–Kier alpha value is -1.10. The van der Waals surface area contributed by atoms with Crippen molar-refractivity contribution in [3.05, 3.63) is 0 Å². The molecule has 2 heterocycles. The van der Waals surface area contributed by atoms with E-state index in [9.17, 15) is 9.59 Å². The number of likely N-dealkylation sites (N-methyl/N-ethyl adjacent to an activating group) is 1. The SMILES string of the molecule is CC(C)[C@@H]1NC(=O)[C@@H]2C[C@@H](N(C)C)CN2C1=O. The van der Waals surface area contributed by atoms with E-state index in [4.69, 9.17) is 0 Å². The number of rotatable bonds is 2. The van der Waals surface area contributed by atoms with Gasteiger partial charge in [-0.1, -0.05) is 13.8 Å². The number of fused-ring (bicyclic) bond motifs is 1. The maximum absolute atomic E-state index is 12.3. The average Bonchev–Trinajstić information content (AvgIpc) is 2.68. The Labute approximate surface area is 102 Å². The van der Waals surface area contributed by atoms with Gasteiger partial charge in [0.25, 0.3) is 0 Å². The Morgan fingerprint density at radius 2 is 2.00 bits per heavy atom. The lowest BCUT2D eigenvalue weighted by Crippen LogP contribution is -2.62. The summed E-state index contributed by atoms with van der Waals surface area (Å²) in [6, 6.07) is -0.315. The van der Waals surface area contributed by atoms with Gasteiger partial charge in [0, 0.05) is 12.6 Å². The first kappa shape index (κ1) is 12.4. The van der Waals surface area contributed by atoms with E-state index in [0.29, 0.717) is 12.6 Å². The van der Waals surface area contributed by atoms with Crippen LogP contribution in [0.1, 0.15) is 20.3 Å². The second-order valence-corrected chi connectivity index (χ2v) is 5.59. The van der Waals surface area contributed by atoms with Crippen LogP contribution in [0.2, 0.25) is 0 Å². The molecule has 1 N–H and O–H groups in total. The molecule has 0 aliphatic carbocycles. The average molecular weight is 239 g/mol. The molecular weight excluding hydrogens is 218 g/mol. The molecule has 0 spiro atoms. The molecule has 5 nitrogen and oxygen atoms in total. The van der Waals surface area contributed by atoms with E-state index in [2.05, 4.69) is 10.2 Å². The van der Waals surface area contributed by atoms with Crippen LogP contribution < -0.4 is 5.32 Å². The zero-order chi connectivity index (χ0) is 12.7. The lowest BCUT2D eigenvalue weighted by atomic mass is 9.98. The summed E-state index contributed by atoms with van der Waals surface area (Å²) in [6.07, 6.45) is 0.745. The van der Waals surface area contributed by atoms with Crippen molar-refractivity contribution in [2.24, 2.45) is 5.92 Å². The van der Waals surface area contributed by atoms with Crippen LogP contribution in [0.25, 0.3) is 0 Å². The van der Waals surface area contributed by atoms with Gasteiger partial charge in [-0.15, -0.1) is 0 Å². The molecule has 5 heteroatoms. The normalized spacial score (nSPS) is 33.3. The lowest BCUT2D eigenvalue weighted by Gasteiger charge is -2.36. The standard InChI is InChI=1S/C12H21N3O2/c1-7(2)10-12(17)15-6-8(14(3)4)5-9(15)11(16)13-10/h7-10H,5-6H2,1-4H3,(H,13,16)/t8-,9+,10+/m1/s1. The summed E-state index contributed by atoms with van der Waals surface area (Å²) < 4.78 is 0. The van der Waals surface area contributed by atoms with Gasteiger partial charge >= 0.3 is 0 Å². The molecule has 96 valence electrons. The number of piperazine rings is 1. The Morgan fingerprint density at radius 3 is 2.53 bits per heavy atom. The quantitative estimate of drug-likeness (QED) is 0.718. The van der Waals surface area contributed by atoms with E-state index in [0.717, 1.165) is 6.42 Å². The van der Waals surface area contributed by atoms with E-state index >= 15 is 0 Å². The second kappa shape index (κ2) is 4.29. The van der Waals surface area contributed by atoms with Gasteiger partial charge in [0.15, 0.2) is 0 Å². The van der Waals surface area contributed by atoms with Gasteiger partial charge in [0.05, 0.1) is 0 Å². The molecule has 2 rings (SSSR count). The summed E-state index contributed by atoms with van der Waals surface area (Å²) >= 11 is 0. The summed E-state index contributed by atoms with van der Waals surface area (Å²) in [4.78, 5) is 28.1. The Balaban J connectivity index is 2.18. The van der Waals surface area contributed by atoms with Crippen LogP contribution >= 0.6 is 0 Å². The van der Waals surface area contributed by atoms with Crippen molar-refractivity contribution >= 4 is 11.8 Å². The molecule has 0 aromatic heterocycles. The van der Waals surface area contributed by atoms with Gasteiger partial charge < -0.3 is 15.1 Å². The molecule has 2 aliphatic rings. The van der Waals surface area contributed by atoms with Crippen LogP contribution in [0, 0.1) is 5.92 Å². The van der Waals surface area contributed by atoms with Crippen LogP contribution in [0.3, 0.4) is 0 Å². The van der Waals surface area contributed by atoms with E-state index < -0.39 is 0 Å². The van der Waals surface area contributed by atoms with Crippen molar-refractivity contribution < 1.29 is 9.59 Å². The first-order chi connectivity index (χ1) is 7.91. The molecule has 2 fully saturated rings. The number of hydrogen-bond acceptors (Lipinski definition) is 3. The maximum atomic E-state index is 12.3. The molecule has 0 aromatic rings. The number of amides is 2. The number of nitrogens with one attached hydrogen (secondary N) is 1. The first-order valence-corrected chi connectivity index (χ1v) is 6.19. The molecule has 2 amide bonds. The van der Waals surface area contributed by atoms with Gasteiger partial charge in [-0.2, -0.15) is 0 Å². The smallest absolute Gasteiger partial charge is 0.246 e. The highest BCUT2D eigenvalue weighted by Crippen LogP contribution is 2.26. The Morgan fingerprint density at radius 1 is 1.35 bits per heavy atom. The van der Waals surface area contributed by atoms with Crippen molar-refractivity contribution in [3.63, 3.8) is 0 Å². The van der Waals surface area contributed by atoms with Gasteiger partial charge in [-0.25, -0.2) is 0 Å². The third kappa shape index (κ3) is 2.04. The zero-order valence-electron chi connectivity index (χ0n) is 10.9. The summed E-state index contributed by atoms with van der Waals surface area (Å²) in [7, 11) is 3.98. The third-order valence-corrected chi connectivity index (χ3v) is 3.83. The topological polar surface area (TPSA) is 52.7 Å². The van der Waals surface area contributed by atoms with E-state index in [1.165, 1.54) is 0 Å². The highest BCUT2D eigenvalue weighted by molar-refractivity contribution is 5.97. The van der Waals surface area contributed by atoms with Gasteiger partial charge in [0.2, 0.25) is 11.8 Å². The minimum atomic E-state index is -0.348. The van der Waals surface area contributed by atoms with Gasteiger partial charge in [-0.05, 0) is 26.4 Å². The molecule has 17 heavy (non-hydrogen) atoms. The molecule has 0 radical (unpaired) electrons. The fourth-order valence-corrected chi connectivity index (χ4v) is 2.62. The monoisotopic (exact) mass is 239 g/mol. The van der Waals surface area contributed by atoms with Crippen molar-refractivity contribution in [2.45, 2.75) is 38.4 Å². The van der Waals surface area contributed by atoms with Gasteiger partial charge in [-0.3, -0.25) is 9.59 Å². The molecule has 3 atom stereocenters. The van der Waals surface area contributed by atoms with E-state index in [1.54, 1.807) is 4.90 Å². The predicted octanol–water partition coefficient (Wildman–Crippen LogP) is -0.328. The van der Waals surface area contributed by atoms with Gasteiger partial charge in [0.1, 0.15) is 12.1 Å². The van der Waals surface area contributed by atoms with Crippen LogP contribution in [-0.2, 0) is 9.59 Å². The van der Waals surface area contributed by atoms with Crippen LogP contribution in [0.5, 0.6) is 0 Å². The van der Waals surface area contributed by atoms with Crippen molar-refractivity contribution in [3.8, 4) is 0 Å². The van der Waals surface area contributed by atoms with E-state index in [1.807, 2.05) is 27.9 Å². The Bertz CT molecular complexity index is 341. The zero-order valence-corrected chi connectivity index (χ0v) is 10.9. The number of carbonyl (C=O) groups excluding carboxylic acids is 2. The minimum absolute atomic E-state index is 0.00708. The molecule has 2 saturated heterocycles. The fraction of sp³-hybridized carbons (Fsp3) is 0.833. The number of hydrogen-bond donors (Lipinski definition) is 1. The minimum Gasteiger partial charge on any atom is -0.342 e. The maximum Gasteiger partial charge on any atom is 0.246 e. The first-order valence-electron chi connectivity index (χ1n) is 6.19. The molecule has 0 saturated carbocycles. The third-order valence-electron chi connectivity index (χ3n) is 3.83. The molecule has 0 bridgehead atoms. The largest absolute Gasteiger partial charge is 0.342 e. The summed E-state index contributed by atoms with van der Waals surface area (Å²) in [6.45, 7) is 4.60. The molecule has 2 aliphatic heterocycles. The summed E-state index contributed by atoms with van der Waals surface area (Å²) in [5, 5.41) is 2.85. The lowest BCUT2D eigenvalue weighted by molar-refractivity contribution is -0.148. The number of carbonyl (C=O) groups is 2. The van der Waals surface area contributed by atoms with Crippen molar-refractivity contribution in [1.29, 1.82) is 0 Å². The predicted molar refractivity (Wildman–Crippen MR) is 64.4 cm³/mol. The molecule has 0 unspecified atom stereocenters. The van der Waals surface area contributed by atoms with Crippen LogP contribution in [0.15, 0.2) is 0 Å². The highest BCUT2D eigenvalue weighted by Gasteiger charge is 2.47. The summed E-state index contributed by atoms with van der Waals surface area (Å²) in [5.74, 6) is 0.229. The van der Waals surface area contributed by atoms with Crippen molar-refractivity contribution in [1.82, 2.24) is 15.1 Å².